The molecule has 4 fully saturated rings. The lowest BCUT2D eigenvalue weighted by Crippen LogP contribution is -2.54. The van der Waals surface area contributed by atoms with Crippen LogP contribution in [0.4, 0.5) is 13.2 Å². The third-order valence-corrected chi connectivity index (χ3v) is 9.72. The zero-order chi connectivity index (χ0) is 26.7. The molecule has 0 radical (unpaired) electrons. The molecule has 2 N–H and O–H groups in total. The van der Waals surface area contributed by atoms with Gasteiger partial charge in [-0.1, -0.05) is 6.42 Å². The second-order valence-corrected chi connectivity index (χ2v) is 12.2. The standard InChI is InChI=1S/C27H39F3N6O2/c1-33-8-6-18(7-9-33)19-10-22(27(28,29)30)23-14-35(25(37)36(23)13-19)21-5-3-4-20(11-21)26(15-38-16-26)12-24-32-31-17-34(24)2/h10,13-14,18,20-21,24,31-32H,3-9,11-12,15-17H2,1-2H3. The fourth-order valence-corrected chi connectivity index (χ4v) is 7.24. The number of aromatic nitrogens is 2. The number of halogens is 3. The molecule has 5 heterocycles. The number of hydrazine groups is 1. The van der Waals surface area contributed by atoms with Gasteiger partial charge in [0.05, 0.1) is 37.1 Å². The van der Waals surface area contributed by atoms with Crippen molar-refractivity contribution in [2.45, 2.75) is 69.2 Å². The van der Waals surface area contributed by atoms with E-state index in [0.29, 0.717) is 24.7 Å². The van der Waals surface area contributed by atoms with Crippen LogP contribution in [-0.2, 0) is 10.9 Å². The summed E-state index contributed by atoms with van der Waals surface area (Å²) < 4.78 is 51.3. The Hall–Kier alpha value is -1.92. The molecule has 0 aromatic carbocycles. The van der Waals surface area contributed by atoms with E-state index in [1.807, 2.05) is 7.05 Å². The topological polar surface area (TPSA) is 66.2 Å². The summed E-state index contributed by atoms with van der Waals surface area (Å²) >= 11 is 0. The molecule has 11 heteroatoms. The first-order valence-electron chi connectivity index (χ1n) is 13.9. The van der Waals surface area contributed by atoms with Crippen molar-refractivity contribution in [3.63, 3.8) is 0 Å². The maximum absolute atomic E-state index is 14.2. The lowest BCUT2D eigenvalue weighted by Gasteiger charge is -2.51. The highest BCUT2D eigenvalue weighted by Crippen LogP contribution is 2.49. The van der Waals surface area contributed by atoms with E-state index >= 15 is 0 Å². The zero-order valence-corrected chi connectivity index (χ0v) is 22.3. The van der Waals surface area contributed by atoms with E-state index in [1.54, 1.807) is 10.8 Å². The van der Waals surface area contributed by atoms with Crippen molar-refractivity contribution in [1.29, 1.82) is 0 Å². The van der Waals surface area contributed by atoms with E-state index in [9.17, 15) is 18.0 Å². The van der Waals surface area contributed by atoms with Gasteiger partial charge in [-0.15, -0.1) is 0 Å². The Labute approximate surface area is 221 Å². The number of hydrogen-bond donors (Lipinski definition) is 2. The normalized spacial score (nSPS) is 29.7. The van der Waals surface area contributed by atoms with Gasteiger partial charge in [0.25, 0.3) is 0 Å². The molecule has 6 rings (SSSR count). The van der Waals surface area contributed by atoms with Crippen LogP contribution in [0.2, 0.25) is 0 Å². The third kappa shape index (κ3) is 4.70. The van der Waals surface area contributed by atoms with Crippen molar-refractivity contribution < 1.29 is 17.9 Å². The van der Waals surface area contributed by atoms with Gasteiger partial charge in [-0.25, -0.2) is 15.6 Å². The van der Waals surface area contributed by atoms with Crippen molar-refractivity contribution in [3.8, 4) is 0 Å². The number of nitrogens with one attached hydrogen (secondary N) is 2. The molecule has 0 bridgehead atoms. The molecular formula is C27H39F3N6O2. The van der Waals surface area contributed by atoms with Gasteiger partial charge >= 0.3 is 11.9 Å². The number of nitrogens with zero attached hydrogens (tertiary/aromatic N) is 4. The van der Waals surface area contributed by atoms with Crippen LogP contribution in [0, 0.1) is 11.3 Å². The minimum Gasteiger partial charge on any atom is -0.380 e. The summed E-state index contributed by atoms with van der Waals surface area (Å²) in [6, 6.07) is 1.18. The second-order valence-electron chi connectivity index (χ2n) is 12.2. The van der Waals surface area contributed by atoms with Gasteiger partial charge in [-0.05, 0) is 89.2 Å². The molecular weight excluding hydrogens is 497 g/mol. The Bertz CT molecular complexity index is 1210. The molecule has 3 unspecified atom stereocenters. The predicted molar refractivity (Wildman–Crippen MR) is 138 cm³/mol. The molecule has 1 aliphatic carbocycles. The summed E-state index contributed by atoms with van der Waals surface area (Å²) in [5, 5.41) is 0. The molecule has 0 spiro atoms. The van der Waals surface area contributed by atoms with E-state index < -0.39 is 11.7 Å². The van der Waals surface area contributed by atoms with Gasteiger partial charge in [-0.3, -0.25) is 13.9 Å². The van der Waals surface area contributed by atoms with Crippen LogP contribution in [0.1, 0.15) is 68.0 Å². The number of rotatable bonds is 5. The summed E-state index contributed by atoms with van der Waals surface area (Å²) in [7, 11) is 4.11. The summed E-state index contributed by atoms with van der Waals surface area (Å²) in [6.45, 7) is 3.86. The fraction of sp³-hybridized carbons (Fsp3) is 0.741. The Morgan fingerprint density at radius 2 is 1.87 bits per heavy atom. The van der Waals surface area contributed by atoms with Crippen LogP contribution >= 0.6 is 0 Å². The van der Waals surface area contributed by atoms with Crippen molar-refractivity contribution in [3.05, 3.63) is 40.1 Å². The van der Waals surface area contributed by atoms with E-state index in [4.69, 9.17) is 4.74 Å². The van der Waals surface area contributed by atoms with Gasteiger partial charge in [0.2, 0.25) is 0 Å². The first-order chi connectivity index (χ1) is 18.1. The highest BCUT2D eigenvalue weighted by molar-refractivity contribution is 5.56. The van der Waals surface area contributed by atoms with Crippen LogP contribution in [0.15, 0.2) is 23.3 Å². The molecule has 3 atom stereocenters. The van der Waals surface area contributed by atoms with Gasteiger partial charge in [0, 0.05) is 23.9 Å². The number of alkyl halides is 3. The molecule has 4 aliphatic rings. The molecule has 8 nitrogen and oxygen atoms in total. The lowest BCUT2D eigenvalue weighted by atomic mass is 9.64. The number of likely N-dealkylation sites (tertiary alicyclic amines) is 1. The Morgan fingerprint density at radius 3 is 2.50 bits per heavy atom. The van der Waals surface area contributed by atoms with Crippen molar-refractivity contribution in [2.75, 3.05) is 47.1 Å². The predicted octanol–water partition coefficient (Wildman–Crippen LogP) is 3.39. The number of hydrogen-bond acceptors (Lipinski definition) is 6. The van der Waals surface area contributed by atoms with Crippen LogP contribution < -0.4 is 16.5 Å². The van der Waals surface area contributed by atoms with Crippen LogP contribution in [0.3, 0.4) is 0 Å². The first-order valence-corrected chi connectivity index (χ1v) is 13.9. The highest BCUT2D eigenvalue weighted by atomic mass is 19.4. The molecule has 2 aromatic heterocycles. The summed E-state index contributed by atoms with van der Waals surface area (Å²) in [4.78, 5) is 18.1. The maximum atomic E-state index is 14.2. The summed E-state index contributed by atoms with van der Waals surface area (Å²) in [5.74, 6) is 0.388. The first kappa shape index (κ1) is 26.3. The van der Waals surface area contributed by atoms with Crippen molar-refractivity contribution in [2.24, 2.45) is 11.3 Å². The molecule has 210 valence electrons. The number of fused-ring (bicyclic) bond motifs is 1. The van der Waals surface area contributed by atoms with Crippen LogP contribution in [0.5, 0.6) is 0 Å². The number of piperidine rings is 1. The smallest absolute Gasteiger partial charge is 0.380 e. The third-order valence-electron chi connectivity index (χ3n) is 9.72. The molecule has 38 heavy (non-hydrogen) atoms. The van der Waals surface area contributed by atoms with E-state index in [0.717, 1.165) is 64.7 Å². The molecule has 1 saturated carbocycles. The van der Waals surface area contributed by atoms with Gasteiger partial charge in [0.15, 0.2) is 0 Å². The minimum absolute atomic E-state index is 0.0256. The lowest BCUT2D eigenvalue weighted by molar-refractivity contribution is -0.167. The van der Waals surface area contributed by atoms with Crippen LogP contribution in [-0.4, -0.2) is 72.0 Å². The van der Waals surface area contributed by atoms with Gasteiger partial charge < -0.3 is 9.64 Å². The molecule has 3 saturated heterocycles. The number of imidazole rings is 1. The molecule has 3 aliphatic heterocycles. The summed E-state index contributed by atoms with van der Waals surface area (Å²) in [6.07, 6.45) is 4.96. The van der Waals surface area contributed by atoms with E-state index in [2.05, 4.69) is 27.7 Å². The van der Waals surface area contributed by atoms with Crippen LogP contribution in [0.25, 0.3) is 5.52 Å². The number of pyridine rings is 1. The zero-order valence-electron chi connectivity index (χ0n) is 22.3. The van der Waals surface area contributed by atoms with Crippen molar-refractivity contribution >= 4 is 5.52 Å². The second kappa shape index (κ2) is 9.92. The monoisotopic (exact) mass is 536 g/mol. The molecule has 0 amide bonds. The minimum atomic E-state index is -4.53. The van der Waals surface area contributed by atoms with Gasteiger partial charge in [-0.2, -0.15) is 13.2 Å². The quantitative estimate of drug-likeness (QED) is 0.611. The highest BCUT2D eigenvalue weighted by Gasteiger charge is 2.49. The largest absolute Gasteiger partial charge is 0.418 e. The Morgan fingerprint density at radius 1 is 1.11 bits per heavy atom. The van der Waals surface area contributed by atoms with Gasteiger partial charge in [0.1, 0.15) is 0 Å². The van der Waals surface area contributed by atoms with E-state index in [1.165, 1.54) is 16.7 Å². The SMILES string of the molecule is CN1CCC(c2cc(C(F)(F)F)c3cn(C4CCCC(C5(CC6NNCN6C)COC5)C4)c(=O)n3c2)CC1. The van der Waals surface area contributed by atoms with Crippen molar-refractivity contribution in [1.82, 2.24) is 29.6 Å². The average Bonchev–Trinajstić information content (AvgIpc) is 3.43. The maximum Gasteiger partial charge on any atom is 0.418 e. The van der Waals surface area contributed by atoms with E-state index in [-0.39, 0.29) is 34.7 Å². The Balaban J connectivity index is 1.31. The Kier molecular flexibility index (Phi) is 6.87. The number of ether oxygens (including phenoxy) is 1. The fourth-order valence-electron chi connectivity index (χ4n) is 7.24. The average molecular weight is 537 g/mol. The molecule has 2 aromatic rings. The summed E-state index contributed by atoms with van der Waals surface area (Å²) in [5.41, 5.74) is 6.09.